The predicted molar refractivity (Wildman–Crippen MR) is 77.9 cm³/mol. The summed E-state index contributed by atoms with van der Waals surface area (Å²) in [5, 5.41) is 3.80. The molecule has 2 rings (SSSR count). The Kier molecular flexibility index (Phi) is 5.10. The van der Waals surface area contributed by atoms with E-state index in [1.807, 2.05) is 13.0 Å². The second-order valence-corrected chi connectivity index (χ2v) is 5.04. The minimum absolute atomic E-state index is 0.292. The van der Waals surface area contributed by atoms with Gasteiger partial charge in [-0.05, 0) is 48.9 Å². The van der Waals surface area contributed by atoms with Crippen molar-refractivity contribution in [3.8, 4) is 0 Å². The Labute approximate surface area is 122 Å². The lowest BCUT2D eigenvalue weighted by molar-refractivity contribution is 0.535. The molecule has 0 radical (unpaired) electrons. The van der Waals surface area contributed by atoms with E-state index in [4.69, 9.17) is 11.6 Å². The second-order valence-electron chi connectivity index (χ2n) is 4.61. The number of hydrogen-bond donors (Lipinski definition) is 1. The minimum atomic E-state index is -0.452. The molecule has 0 saturated carbocycles. The Morgan fingerprint density at radius 2 is 1.95 bits per heavy atom. The summed E-state index contributed by atoms with van der Waals surface area (Å²) in [5.74, 6) is -0.883. The van der Waals surface area contributed by atoms with Gasteiger partial charge in [-0.25, -0.2) is 8.78 Å². The van der Waals surface area contributed by atoms with Gasteiger partial charge < -0.3 is 5.32 Å². The number of halogens is 3. The molecule has 0 aliphatic carbocycles. The third-order valence-corrected chi connectivity index (χ3v) is 3.28. The number of nitrogens with one attached hydrogen (secondary N) is 1. The van der Waals surface area contributed by atoms with E-state index in [9.17, 15) is 8.78 Å². The van der Waals surface area contributed by atoms with Gasteiger partial charge in [0.2, 0.25) is 0 Å². The maximum Gasteiger partial charge on any atom is 0.128 e. The molecule has 0 saturated heterocycles. The summed E-state index contributed by atoms with van der Waals surface area (Å²) >= 11 is 5.99. The van der Waals surface area contributed by atoms with Crippen LogP contribution in [0, 0.1) is 11.6 Å². The first-order valence-corrected chi connectivity index (χ1v) is 6.93. The second kappa shape index (κ2) is 6.82. The largest absolute Gasteiger partial charge is 0.306 e. The average molecular weight is 296 g/mol. The van der Waals surface area contributed by atoms with Crippen LogP contribution in [0.25, 0.3) is 0 Å². The van der Waals surface area contributed by atoms with Crippen LogP contribution in [0.1, 0.15) is 30.5 Å². The first kappa shape index (κ1) is 14.9. The van der Waals surface area contributed by atoms with Crippen LogP contribution in [0.3, 0.4) is 0 Å². The first-order chi connectivity index (χ1) is 9.61. The van der Waals surface area contributed by atoms with E-state index in [2.05, 4.69) is 5.32 Å². The van der Waals surface area contributed by atoms with Gasteiger partial charge in [0.05, 0.1) is 6.04 Å². The molecule has 1 nitrogen and oxygen atoms in total. The highest BCUT2D eigenvalue weighted by Crippen LogP contribution is 2.27. The molecule has 20 heavy (non-hydrogen) atoms. The van der Waals surface area contributed by atoms with Crippen LogP contribution in [0.4, 0.5) is 8.78 Å². The monoisotopic (exact) mass is 295 g/mol. The maximum atomic E-state index is 14.0. The van der Waals surface area contributed by atoms with Crippen LogP contribution < -0.4 is 5.32 Å². The Hall–Kier alpha value is -1.45. The van der Waals surface area contributed by atoms with E-state index < -0.39 is 17.7 Å². The van der Waals surface area contributed by atoms with E-state index in [1.165, 1.54) is 6.07 Å². The molecule has 0 aromatic heterocycles. The molecule has 0 spiro atoms. The summed E-state index contributed by atoms with van der Waals surface area (Å²) < 4.78 is 27.4. The Morgan fingerprint density at radius 1 is 1.15 bits per heavy atom. The number of rotatable bonds is 5. The molecule has 0 amide bonds. The Morgan fingerprint density at radius 3 is 2.65 bits per heavy atom. The smallest absolute Gasteiger partial charge is 0.128 e. The highest BCUT2D eigenvalue weighted by atomic mass is 35.5. The zero-order valence-electron chi connectivity index (χ0n) is 11.2. The van der Waals surface area contributed by atoms with Gasteiger partial charge in [0.25, 0.3) is 0 Å². The third kappa shape index (κ3) is 3.56. The van der Waals surface area contributed by atoms with Gasteiger partial charge >= 0.3 is 0 Å². The van der Waals surface area contributed by atoms with Gasteiger partial charge in [-0.3, -0.25) is 0 Å². The average Bonchev–Trinajstić information content (AvgIpc) is 2.43. The van der Waals surface area contributed by atoms with E-state index in [0.29, 0.717) is 17.1 Å². The first-order valence-electron chi connectivity index (χ1n) is 6.55. The van der Waals surface area contributed by atoms with Crippen molar-refractivity contribution in [1.82, 2.24) is 5.32 Å². The Balaban J connectivity index is 2.44. The summed E-state index contributed by atoms with van der Waals surface area (Å²) in [6.07, 6.45) is 0.897. The molecule has 2 aromatic rings. The van der Waals surface area contributed by atoms with Crippen molar-refractivity contribution in [1.29, 1.82) is 0 Å². The van der Waals surface area contributed by atoms with Gasteiger partial charge in [-0.1, -0.05) is 30.7 Å². The van der Waals surface area contributed by atoms with Gasteiger partial charge in [-0.2, -0.15) is 0 Å². The molecule has 0 fully saturated rings. The molecular formula is C16H16ClF2N. The summed E-state index contributed by atoms with van der Waals surface area (Å²) in [5.41, 5.74) is 1.11. The molecule has 4 heteroatoms. The fraction of sp³-hybridized carbons (Fsp3) is 0.250. The standard InChI is InChI=1S/C16H16ClF2N/c1-2-8-20-16(11-4-3-5-12(17)9-11)14-10-13(18)6-7-15(14)19/h3-7,9-10,16,20H,2,8H2,1H3. The lowest BCUT2D eigenvalue weighted by atomic mass is 9.98. The van der Waals surface area contributed by atoms with Gasteiger partial charge in [0.15, 0.2) is 0 Å². The zero-order valence-corrected chi connectivity index (χ0v) is 11.9. The number of benzene rings is 2. The predicted octanol–water partition coefficient (Wildman–Crippen LogP) is 4.71. The van der Waals surface area contributed by atoms with Crippen molar-refractivity contribution in [3.63, 3.8) is 0 Å². The fourth-order valence-corrected chi connectivity index (χ4v) is 2.32. The van der Waals surface area contributed by atoms with Crippen molar-refractivity contribution in [2.75, 3.05) is 6.54 Å². The summed E-state index contributed by atoms with van der Waals surface area (Å²) in [7, 11) is 0. The summed E-state index contributed by atoms with van der Waals surface area (Å²) in [6.45, 7) is 2.72. The molecule has 1 unspecified atom stereocenters. The van der Waals surface area contributed by atoms with Crippen molar-refractivity contribution < 1.29 is 8.78 Å². The van der Waals surface area contributed by atoms with Crippen LogP contribution in [0.5, 0.6) is 0 Å². The summed E-state index contributed by atoms with van der Waals surface area (Å²) in [6, 6.07) is 10.2. The Bertz CT molecular complexity index is 586. The molecule has 1 atom stereocenters. The molecule has 1 N–H and O–H groups in total. The topological polar surface area (TPSA) is 12.0 Å². The molecule has 0 bridgehead atoms. The molecule has 2 aromatic carbocycles. The third-order valence-electron chi connectivity index (χ3n) is 3.05. The van der Waals surface area contributed by atoms with Crippen LogP contribution in [0.15, 0.2) is 42.5 Å². The van der Waals surface area contributed by atoms with Crippen molar-refractivity contribution in [2.45, 2.75) is 19.4 Å². The van der Waals surface area contributed by atoms with Crippen LogP contribution in [0.2, 0.25) is 5.02 Å². The van der Waals surface area contributed by atoms with Gasteiger partial charge in [0, 0.05) is 10.6 Å². The SMILES string of the molecule is CCCNC(c1cccc(Cl)c1)c1cc(F)ccc1F. The molecule has 106 valence electrons. The van der Waals surface area contributed by atoms with Crippen LogP contribution in [-0.4, -0.2) is 6.54 Å². The van der Waals surface area contributed by atoms with E-state index in [-0.39, 0.29) is 0 Å². The van der Waals surface area contributed by atoms with Crippen molar-refractivity contribution >= 4 is 11.6 Å². The van der Waals surface area contributed by atoms with Crippen molar-refractivity contribution in [3.05, 3.63) is 70.2 Å². The highest BCUT2D eigenvalue weighted by molar-refractivity contribution is 6.30. The lowest BCUT2D eigenvalue weighted by Crippen LogP contribution is -2.24. The number of hydrogen-bond acceptors (Lipinski definition) is 1. The van der Waals surface area contributed by atoms with E-state index >= 15 is 0 Å². The van der Waals surface area contributed by atoms with Gasteiger partial charge in [-0.15, -0.1) is 0 Å². The quantitative estimate of drug-likeness (QED) is 0.842. The lowest BCUT2D eigenvalue weighted by Gasteiger charge is -2.20. The van der Waals surface area contributed by atoms with Crippen molar-refractivity contribution in [2.24, 2.45) is 0 Å². The molecule has 0 aliphatic rings. The minimum Gasteiger partial charge on any atom is -0.306 e. The van der Waals surface area contributed by atoms with E-state index in [0.717, 1.165) is 24.1 Å². The molecule has 0 heterocycles. The van der Waals surface area contributed by atoms with Crippen LogP contribution in [-0.2, 0) is 0 Å². The van der Waals surface area contributed by atoms with E-state index in [1.54, 1.807) is 18.2 Å². The normalized spacial score (nSPS) is 12.4. The maximum absolute atomic E-state index is 14.0. The fourth-order valence-electron chi connectivity index (χ4n) is 2.12. The highest BCUT2D eigenvalue weighted by Gasteiger charge is 2.18. The van der Waals surface area contributed by atoms with Gasteiger partial charge in [0.1, 0.15) is 11.6 Å². The molecular weight excluding hydrogens is 280 g/mol. The zero-order chi connectivity index (χ0) is 14.5. The summed E-state index contributed by atoms with van der Waals surface area (Å²) in [4.78, 5) is 0. The van der Waals surface area contributed by atoms with Crippen LogP contribution >= 0.6 is 11.6 Å². The molecule has 0 aliphatic heterocycles.